The smallest absolute Gasteiger partial charge is 0.0243 e. The summed E-state index contributed by atoms with van der Waals surface area (Å²) in [6, 6.07) is 0.755. The van der Waals surface area contributed by atoms with Crippen LogP contribution in [0.25, 0.3) is 0 Å². The van der Waals surface area contributed by atoms with Gasteiger partial charge >= 0.3 is 0 Å². The lowest BCUT2D eigenvalue weighted by atomic mass is 10.0. The molecule has 2 rings (SSSR count). The normalized spacial score (nSPS) is 32.2. The van der Waals surface area contributed by atoms with Gasteiger partial charge in [0.05, 0.1) is 0 Å². The summed E-state index contributed by atoms with van der Waals surface area (Å²) in [4.78, 5) is 2.77. The summed E-state index contributed by atoms with van der Waals surface area (Å²) in [5, 5.41) is 3.53. The highest BCUT2D eigenvalue weighted by Crippen LogP contribution is 2.39. The van der Waals surface area contributed by atoms with E-state index in [1.807, 2.05) is 0 Å². The SMILES string of the molecule is CCNCC(C(C)C)N1CC2CCCC2C1. The third kappa shape index (κ3) is 2.60. The van der Waals surface area contributed by atoms with E-state index in [1.54, 1.807) is 0 Å². The van der Waals surface area contributed by atoms with E-state index in [2.05, 4.69) is 31.0 Å². The summed E-state index contributed by atoms with van der Waals surface area (Å²) < 4.78 is 0. The molecular weight excluding hydrogens is 196 g/mol. The van der Waals surface area contributed by atoms with Crippen molar-refractivity contribution in [2.75, 3.05) is 26.2 Å². The summed E-state index contributed by atoms with van der Waals surface area (Å²) in [6.07, 6.45) is 4.48. The van der Waals surface area contributed by atoms with Gasteiger partial charge in [0.25, 0.3) is 0 Å². The maximum atomic E-state index is 3.53. The first-order valence-electron chi connectivity index (χ1n) is 7.17. The molecule has 3 atom stereocenters. The average molecular weight is 224 g/mol. The molecule has 0 aromatic heterocycles. The van der Waals surface area contributed by atoms with Gasteiger partial charge in [-0.25, -0.2) is 0 Å². The maximum absolute atomic E-state index is 3.53. The minimum atomic E-state index is 0.755. The van der Waals surface area contributed by atoms with Crippen LogP contribution in [0.3, 0.4) is 0 Å². The highest BCUT2D eigenvalue weighted by molar-refractivity contribution is 4.92. The molecule has 0 aromatic rings. The van der Waals surface area contributed by atoms with Crippen molar-refractivity contribution in [3.8, 4) is 0 Å². The van der Waals surface area contributed by atoms with E-state index in [-0.39, 0.29) is 0 Å². The molecule has 94 valence electrons. The maximum Gasteiger partial charge on any atom is 0.0243 e. The molecule has 1 saturated carbocycles. The molecule has 2 nitrogen and oxygen atoms in total. The fourth-order valence-electron chi connectivity index (χ4n) is 3.62. The van der Waals surface area contributed by atoms with Gasteiger partial charge in [-0.05, 0) is 37.1 Å². The minimum Gasteiger partial charge on any atom is -0.315 e. The zero-order chi connectivity index (χ0) is 11.5. The van der Waals surface area contributed by atoms with Crippen LogP contribution in [0.5, 0.6) is 0 Å². The molecule has 1 aliphatic carbocycles. The van der Waals surface area contributed by atoms with E-state index in [0.717, 1.165) is 30.3 Å². The number of hydrogen-bond donors (Lipinski definition) is 1. The van der Waals surface area contributed by atoms with Gasteiger partial charge in [-0.15, -0.1) is 0 Å². The van der Waals surface area contributed by atoms with Crippen LogP contribution in [-0.4, -0.2) is 37.1 Å². The molecule has 1 aliphatic heterocycles. The van der Waals surface area contributed by atoms with E-state index in [1.165, 1.54) is 38.9 Å². The Kier molecular flexibility index (Phi) is 4.26. The van der Waals surface area contributed by atoms with Gasteiger partial charge < -0.3 is 5.32 Å². The Bertz CT molecular complexity index is 203. The second kappa shape index (κ2) is 5.50. The van der Waals surface area contributed by atoms with E-state index >= 15 is 0 Å². The van der Waals surface area contributed by atoms with Crippen molar-refractivity contribution in [3.63, 3.8) is 0 Å². The van der Waals surface area contributed by atoms with Crippen LogP contribution in [0.15, 0.2) is 0 Å². The van der Waals surface area contributed by atoms with Crippen LogP contribution >= 0.6 is 0 Å². The van der Waals surface area contributed by atoms with Gasteiger partial charge in [0, 0.05) is 25.7 Å². The number of nitrogens with one attached hydrogen (secondary N) is 1. The number of hydrogen-bond acceptors (Lipinski definition) is 2. The Hall–Kier alpha value is -0.0800. The van der Waals surface area contributed by atoms with Crippen LogP contribution in [0.4, 0.5) is 0 Å². The predicted octanol–water partition coefficient (Wildman–Crippen LogP) is 2.35. The summed E-state index contributed by atoms with van der Waals surface area (Å²) in [5.41, 5.74) is 0. The molecule has 3 unspecified atom stereocenters. The van der Waals surface area contributed by atoms with Crippen molar-refractivity contribution in [2.24, 2.45) is 17.8 Å². The lowest BCUT2D eigenvalue weighted by Gasteiger charge is -2.32. The van der Waals surface area contributed by atoms with E-state index in [0.29, 0.717) is 0 Å². The second-order valence-corrected chi connectivity index (χ2v) is 6.02. The molecule has 0 aromatic carbocycles. The first-order chi connectivity index (χ1) is 7.72. The monoisotopic (exact) mass is 224 g/mol. The summed E-state index contributed by atoms with van der Waals surface area (Å²) in [5.74, 6) is 2.84. The molecule has 2 aliphatic rings. The van der Waals surface area contributed by atoms with Gasteiger partial charge in [-0.1, -0.05) is 27.2 Å². The Balaban J connectivity index is 1.89. The van der Waals surface area contributed by atoms with Gasteiger partial charge in [-0.3, -0.25) is 4.90 Å². The number of fused-ring (bicyclic) bond motifs is 1. The molecule has 16 heavy (non-hydrogen) atoms. The van der Waals surface area contributed by atoms with Crippen molar-refractivity contribution in [1.29, 1.82) is 0 Å². The predicted molar refractivity (Wildman–Crippen MR) is 69.6 cm³/mol. The minimum absolute atomic E-state index is 0.755. The largest absolute Gasteiger partial charge is 0.315 e. The number of likely N-dealkylation sites (N-methyl/N-ethyl adjacent to an activating group) is 1. The molecule has 1 saturated heterocycles. The van der Waals surface area contributed by atoms with Crippen LogP contribution in [0.2, 0.25) is 0 Å². The molecule has 1 N–H and O–H groups in total. The quantitative estimate of drug-likeness (QED) is 0.771. The lowest BCUT2D eigenvalue weighted by Crippen LogP contribution is -2.44. The van der Waals surface area contributed by atoms with Gasteiger partial charge in [-0.2, -0.15) is 0 Å². The first kappa shape index (κ1) is 12.4. The summed E-state index contributed by atoms with van der Waals surface area (Å²) in [6.45, 7) is 12.0. The van der Waals surface area contributed by atoms with Crippen LogP contribution in [-0.2, 0) is 0 Å². The Morgan fingerprint density at radius 2 is 1.81 bits per heavy atom. The Morgan fingerprint density at radius 3 is 2.31 bits per heavy atom. The fourth-order valence-corrected chi connectivity index (χ4v) is 3.62. The highest BCUT2D eigenvalue weighted by atomic mass is 15.2. The molecule has 2 heteroatoms. The Labute approximate surface area is 101 Å². The fraction of sp³-hybridized carbons (Fsp3) is 1.00. The summed E-state index contributed by atoms with van der Waals surface area (Å²) in [7, 11) is 0. The number of likely N-dealkylation sites (tertiary alicyclic amines) is 1. The van der Waals surface area contributed by atoms with E-state index in [4.69, 9.17) is 0 Å². The number of nitrogens with zero attached hydrogens (tertiary/aromatic N) is 1. The molecule has 0 bridgehead atoms. The average Bonchev–Trinajstić information content (AvgIpc) is 2.77. The van der Waals surface area contributed by atoms with Crippen molar-refractivity contribution in [1.82, 2.24) is 10.2 Å². The zero-order valence-electron chi connectivity index (χ0n) is 11.2. The van der Waals surface area contributed by atoms with E-state index < -0.39 is 0 Å². The second-order valence-electron chi connectivity index (χ2n) is 6.02. The van der Waals surface area contributed by atoms with Crippen LogP contribution in [0.1, 0.15) is 40.0 Å². The Morgan fingerprint density at radius 1 is 1.19 bits per heavy atom. The van der Waals surface area contributed by atoms with Crippen molar-refractivity contribution < 1.29 is 0 Å². The van der Waals surface area contributed by atoms with E-state index in [9.17, 15) is 0 Å². The topological polar surface area (TPSA) is 15.3 Å². The van der Waals surface area contributed by atoms with Gasteiger partial charge in [0.1, 0.15) is 0 Å². The zero-order valence-corrected chi connectivity index (χ0v) is 11.2. The van der Waals surface area contributed by atoms with Crippen molar-refractivity contribution in [3.05, 3.63) is 0 Å². The molecule has 1 heterocycles. The summed E-state index contributed by atoms with van der Waals surface area (Å²) >= 11 is 0. The van der Waals surface area contributed by atoms with Crippen molar-refractivity contribution >= 4 is 0 Å². The molecule has 2 fully saturated rings. The number of rotatable bonds is 5. The third-order valence-corrected chi connectivity index (χ3v) is 4.60. The van der Waals surface area contributed by atoms with Crippen LogP contribution < -0.4 is 5.32 Å². The first-order valence-corrected chi connectivity index (χ1v) is 7.17. The molecular formula is C14H28N2. The third-order valence-electron chi connectivity index (χ3n) is 4.60. The van der Waals surface area contributed by atoms with Gasteiger partial charge in [0.15, 0.2) is 0 Å². The van der Waals surface area contributed by atoms with Crippen molar-refractivity contribution in [2.45, 2.75) is 46.1 Å². The van der Waals surface area contributed by atoms with Gasteiger partial charge in [0.2, 0.25) is 0 Å². The van der Waals surface area contributed by atoms with Crippen LogP contribution in [0, 0.1) is 17.8 Å². The lowest BCUT2D eigenvalue weighted by molar-refractivity contribution is 0.174. The standard InChI is InChI=1S/C14H28N2/c1-4-15-8-14(11(2)3)16-9-12-6-5-7-13(12)10-16/h11-15H,4-10H2,1-3H3. The highest BCUT2D eigenvalue weighted by Gasteiger charge is 2.38. The molecule has 0 radical (unpaired) electrons. The molecule has 0 spiro atoms. The molecule has 0 amide bonds.